The Morgan fingerprint density at radius 2 is 1.96 bits per heavy atom. The number of carbonyl (C=O) groups excluding carboxylic acids is 2. The van der Waals surface area contributed by atoms with E-state index in [1.54, 1.807) is 0 Å². The first-order valence-corrected chi connectivity index (χ1v) is 9.61. The van der Waals surface area contributed by atoms with Crippen molar-refractivity contribution in [2.45, 2.75) is 64.9 Å². The molecule has 0 radical (unpaired) electrons. The molecule has 0 saturated heterocycles. The van der Waals surface area contributed by atoms with Crippen LogP contribution in [-0.4, -0.2) is 28.4 Å². The zero-order valence-electron chi connectivity index (χ0n) is 15.1. The van der Waals surface area contributed by atoms with Crippen molar-refractivity contribution in [3.63, 3.8) is 0 Å². The molecule has 4 aliphatic rings. The Balaban J connectivity index is 1.75. The summed E-state index contributed by atoms with van der Waals surface area (Å²) in [6, 6.07) is 0. The Labute approximate surface area is 149 Å². The molecule has 2 N–H and O–H groups in total. The average molecular weight is 344 g/mol. The fraction of sp³-hybridized carbons (Fsp3) is 0.714. The van der Waals surface area contributed by atoms with Crippen LogP contribution < -0.4 is 0 Å². The van der Waals surface area contributed by atoms with Gasteiger partial charge in [0.15, 0.2) is 17.8 Å². The summed E-state index contributed by atoms with van der Waals surface area (Å²) in [4.78, 5) is 23.0. The third-order valence-electron chi connectivity index (χ3n) is 8.10. The number of carbonyl (C=O) groups is 2. The number of hydrogen-bond donors (Lipinski definition) is 2. The second-order valence-corrected chi connectivity index (χ2v) is 9.10. The average Bonchev–Trinajstić information content (AvgIpc) is 2.91. The van der Waals surface area contributed by atoms with Crippen LogP contribution in [0.3, 0.4) is 0 Å². The van der Waals surface area contributed by atoms with Gasteiger partial charge in [-0.1, -0.05) is 19.4 Å². The van der Waals surface area contributed by atoms with Crippen LogP contribution in [0, 0.1) is 28.6 Å². The summed E-state index contributed by atoms with van der Waals surface area (Å²) in [5.74, 6) is 1.07. The van der Waals surface area contributed by atoms with Crippen LogP contribution in [0.15, 0.2) is 23.0 Å². The Hall–Kier alpha value is -1.42. The fourth-order valence-electron chi connectivity index (χ4n) is 6.99. The molecule has 25 heavy (non-hydrogen) atoms. The number of hydrogen-bond acceptors (Lipinski definition) is 4. The van der Waals surface area contributed by atoms with Gasteiger partial charge in [-0.2, -0.15) is 0 Å². The largest absolute Gasteiger partial charge is 0.505 e. The smallest absolute Gasteiger partial charge is 0.184 e. The van der Waals surface area contributed by atoms with Crippen molar-refractivity contribution in [3.05, 3.63) is 23.0 Å². The summed E-state index contributed by atoms with van der Waals surface area (Å²) in [7, 11) is 0. The summed E-state index contributed by atoms with van der Waals surface area (Å²) in [5.41, 5.74) is 1.71. The predicted molar refractivity (Wildman–Crippen MR) is 93.8 cm³/mol. The Bertz CT molecular complexity index is 690. The van der Waals surface area contributed by atoms with Gasteiger partial charge in [0, 0.05) is 6.42 Å². The minimum Gasteiger partial charge on any atom is -0.505 e. The Kier molecular flexibility index (Phi) is 3.77. The van der Waals surface area contributed by atoms with Crippen molar-refractivity contribution in [3.8, 4) is 0 Å². The lowest BCUT2D eigenvalue weighted by Crippen LogP contribution is -2.55. The van der Waals surface area contributed by atoms with E-state index in [1.807, 2.05) is 6.08 Å². The molecular formula is C21H28O4. The van der Waals surface area contributed by atoms with E-state index in [4.69, 9.17) is 0 Å². The van der Waals surface area contributed by atoms with Crippen LogP contribution in [-0.2, 0) is 9.59 Å². The number of fused-ring (bicyclic) bond motifs is 5. The van der Waals surface area contributed by atoms with Crippen molar-refractivity contribution in [2.75, 3.05) is 0 Å². The van der Waals surface area contributed by atoms with E-state index in [2.05, 4.69) is 13.8 Å². The molecule has 6 atom stereocenters. The Morgan fingerprint density at radius 1 is 1.20 bits per heavy atom. The summed E-state index contributed by atoms with van der Waals surface area (Å²) < 4.78 is 0. The maximum atomic E-state index is 11.9. The molecule has 0 bridgehead atoms. The first-order valence-electron chi connectivity index (χ1n) is 9.61. The van der Waals surface area contributed by atoms with Gasteiger partial charge in [0.1, 0.15) is 0 Å². The highest BCUT2D eigenvalue weighted by Crippen LogP contribution is 2.66. The topological polar surface area (TPSA) is 74.6 Å². The maximum Gasteiger partial charge on any atom is 0.184 e. The number of allylic oxidation sites excluding steroid dienone is 3. The van der Waals surface area contributed by atoms with Gasteiger partial charge in [0.2, 0.25) is 0 Å². The number of ketones is 1. The molecule has 0 aromatic rings. The molecule has 0 aromatic heterocycles. The van der Waals surface area contributed by atoms with Crippen LogP contribution in [0.5, 0.6) is 0 Å². The van der Waals surface area contributed by atoms with Crippen molar-refractivity contribution in [2.24, 2.45) is 28.6 Å². The van der Waals surface area contributed by atoms with Gasteiger partial charge in [-0.3, -0.25) is 9.59 Å². The van der Waals surface area contributed by atoms with Gasteiger partial charge < -0.3 is 10.2 Å². The predicted octanol–water partition coefficient (Wildman–Crippen LogP) is 3.50. The highest BCUT2D eigenvalue weighted by Gasteiger charge is 2.61. The van der Waals surface area contributed by atoms with E-state index < -0.39 is 6.10 Å². The van der Waals surface area contributed by atoms with Gasteiger partial charge in [0.05, 0.1) is 6.10 Å². The molecule has 0 aliphatic heterocycles. The van der Waals surface area contributed by atoms with E-state index in [1.165, 1.54) is 5.57 Å². The van der Waals surface area contributed by atoms with E-state index in [-0.39, 0.29) is 28.3 Å². The lowest BCUT2D eigenvalue weighted by atomic mass is 9.46. The molecule has 4 rings (SSSR count). The van der Waals surface area contributed by atoms with Gasteiger partial charge in [0.25, 0.3) is 0 Å². The molecule has 0 aromatic carbocycles. The molecule has 0 spiro atoms. The van der Waals surface area contributed by atoms with Crippen molar-refractivity contribution >= 4 is 12.1 Å². The molecule has 136 valence electrons. The molecule has 3 saturated carbocycles. The lowest BCUT2D eigenvalue weighted by molar-refractivity contribution is -0.124. The second-order valence-electron chi connectivity index (χ2n) is 9.10. The fourth-order valence-corrected chi connectivity index (χ4v) is 6.99. The number of aldehydes is 1. The summed E-state index contributed by atoms with van der Waals surface area (Å²) in [6.45, 7) is 4.36. The maximum absolute atomic E-state index is 11.9. The van der Waals surface area contributed by atoms with Gasteiger partial charge >= 0.3 is 0 Å². The third-order valence-corrected chi connectivity index (χ3v) is 8.10. The molecule has 4 aliphatic carbocycles. The van der Waals surface area contributed by atoms with Crippen molar-refractivity contribution in [1.29, 1.82) is 0 Å². The van der Waals surface area contributed by atoms with E-state index in [0.29, 0.717) is 31.0 Å². The first-order chi connectivity index (χ1) is 11.8. The molecule has 0 heterocycles. The molecule has 0 amide bonds. The molecule has 4 heteroatoms. The monoisotopic (exact) mass is 344 g/mol. The standard InChI is InChI=1S/C21H28O4/c1-20-8-7-13(23)9-12(20)3-4-14-15-5-6-16(18(25)11-22)21(15,2)10-17(24)19(14)20/h9,11,14-15,17,19,24-25H,3-8,10H2,1-2H3/t14?,15?,17-,19?,20-,21-/m0/s1. The van der Waals surface area contributed by atoms with Crippen molar-refractivity contribution < 1.29 is 19.8 Å². The second kappa shape index (κ2) is 5.54. The summed E-state index contributed by atoms with van der Waals surface area (Å²) in [5, 5.41) is 21.2. The highest BCUT2D eigenvalue weighted by atomic mass is 16.3. The number of aliphatic hydroxyl groups is 2. The zero-order chi connectivity index (χ0) is 18.0. The molecule has 3 unspecified atom stereocenters. The quantitative estimate of drug-likeness (QED) is 0.434. The number of aliphatic hydroxyl groups excluding tert-OH is 2. The summed E-state index contributed by atoms with van der Waals surface area (Å²) >= 11 is 0. The van der Waals surface area contributed by atoms with Crippen LogP contribution >= 0.6 is 0 Å². The van der Waals surface area contributed by atoms with Crippen LogP contribution in [0.1, 0.15) is 58.8 Å². The zero-order valence-corrected chi connectivity index (χ0v) is 15.1. The van der Waals surface area contributed by atoms with Crippen LogP contribution in [0.4, 0.5) is 0 Å². The van der Waals surface area contributed by atoms with Gasteiger partial charge in [-0.25, -0.2) is 0 Å². The minimum absolute atomic E-state index is 0.0866. The molecular weight excluding hydrogens is 316 g/mol. The highest BCUT2D eigenvalue weighted by molar-refractivity contribution is 5.91. The normalized spacial score (nSPS) is 48.1. The van der Waals surface area contributed by atoms with E-state index in [0.717, 1.165) is 37.7 Å². The van der Waals surface area contributed by atoms with Crippen LogP contribution in [0.2, 0.25) is 0 Å². The number of rotatable bonds is 1. The molecule has 4 nitrogen and oxygen atoms in total. The van der Waals surface area contributed by atoms with Crippen molar-refractivity contribution in [1.82, 2.24) is 0 Å². The first kappa shape index (κ1) is 17.0. The SMILES string of the molecule is C[C@]12CCC(=O)C=C1CCC1C2[C@@H](O)C[C@]2(C)C(=C(O)C=O)CCC12. The Morgan fingerprint density at radius 3 is 2.68 bits per heavy atom. The third kappa shape index (κ3) is 2.22. The summed E-state index contributed by atoms with van der Waals surface area (Å²) in [6.07, 6.45) is 7.61. The van der Waals surface area contributed by atoms with Crippen LogP contribution in [0.25, 0.3) is 0 Å². The van der Waals surface area contributed by atoms with Gasteiger partial charge in [-0.15, -0.1) is 0 Å². The molecule has 3 fully saturated rings. The van der Waals surface area contributed by atoms with E-state index >= 15 is 0 Å². The van der Waals surface area contributed by atoms with E-state index in [9.17, 15) is 19.8 Å². The van der Waals surface area contributed by atoms with Gasteiger partial charge in [-0.05, 0) is 78.8 Å². The lowest BCUT2D eigenvalue weighted by Gasteiger charge is -2.59. The minimum atomic E-state index is -0.458.